The molecule has 0 aromatic heterocycles. The maximum absolute atomic E-state index is 13.8. The molecule has 2 atom stereocenters. The standard InChI is InChI=1S/C16H25FN2O/c1-15(2)10-12(16(3,4)20-15)14(19-18)9-11-7-5-6-8-13(11)17/h5-8,12,14,19H,9-10,18H2,1-4H3. The summed E-state index contributed by atoms with van der Waals surface area (Å²) in [4.78, 5) is 0. The van der Waals surface area contributed by atoms with Crippen molar-refractivity contribution < 1.29 is 9.13 Å². The molecule has 1 aromatic carbocycles. The fourth-order valence-corrected chi connectivity index (χ4v) is 3.45. The molecule has 112 valence electrons. The van der Waals surface area contributed by atoms with Crippen LogP contribution in [-0.2, 0) is 11.2 Å². The molecule has 0 saturated carbocycles. The molecule has 3 N–H and O–H groups in total. The first kappa shape index (κ1) is 15.4. The number of hydrogen-bond acceptors (Lipinski definition) is 3. The molecule has 0 aliphatic carbocycles. The number of nitrogens with two attached hydrogens (primary N) is 1. The maximum atomic E-state index is 13.8. The lowest BCUT2D eigenvalue weighted by Crippen LogP contribution is -2.48. The van der Waals surface area contributed by atoms with E-state index in [1.807, 2.05) is 12.1 Å². The normalized spacial score (nSPS) is 25.6. The van der Waals surface area contributed by atoms with Crippen molar-refractivity contribution in [1.82, 2.24) is 5.43 Å². The number of rotatable bonds is 4. The van der Waals surface area contributed by atoms with Crippen molar-refractivity contribution in [3.63, 3.8) is 0 Å². The molecule has 1 aliphatic heterocycles. The molecule has 1 heterocycles. The molecular formula is C16H25FN2O. The average molecular weight is 280 g/mol. The van der Waals surface area contributed by atoms with Gasteiger partial charge >= 0.3 is 0 Å². The quantitative estimate of drug-likeness (QED) is 0.658. The van der Waals surface area contributed by atoms with Gasteiger partial charge in [0.1, 0.15) is 5.82 Å². The zero-order chi connectivity index (χ0) is 15.0. The Morgan fingerprint density at radius 3 is 2.50 bits per heavy atom. The van der Waals surface area contributed by atoms with Gasteiger partial charge in [0.15, 0.2) is 0 Å². The number of benzene rings is 1. The van der Waals surface area contributed by atoms with Crippen molar-refractivity contribution in [3.05, 3.63) is 35.6 Å². The summed E-state index contributed by atoms with van der Waals surface area (Å²) in [5.41, 5.74) is 3.12. The lowest BCUT2D eigenvalue weighted by atomic mass is 9.79. The second kappa shape index (κ2) is 5.43. The second-order valence-electron chi connectivity index (χ2n) is 6.84. The van der Waals surface area contributed by atoms with Crippen LogP contribution in [-0.4, -0.2) is 17.2 Å². The Morgan fingerprint density at radius 1 is 1.35 bits per heavy atom. The molecule has 1 aromatic rings. The fourth-order valence-electron chi connectivity index (χ4n) is 3.45. The van der Waals surface area contributed by atoms with Gasteiger partial charge in [-0.3, -0.25) is 11.3 Å². The van der Waals surface area contributed by atoms with Gasteiger partial charge in [0.2, 0.25) is 0 Å². The van der Waals surface area contributed by atoms with Crippen LogP contribution in [0.25, 0.3) is 0 Å². The molecule has 1 saturated heterocycles. The highest BCUT2D eigenvalue weighted by Gasteiger charge is 2.48. The minimum atomic E-state index is -0.272. The van der Waals surface area contributed by atoms with Crippen LogP contribution in [0, 0.1) is 11.7 Å². The largest absolute Gasteiger partial charge is 0.369 e. The molecule has 3 nitrogen and oxygen atoms in total. The Labute approximate surface area is 120 Å². The van der Waals surface area contributed by atoms with E-state index in [-0.39, 0.29) is 29.0 Å². The van der Waals surface area contributed by atoms with Crippen LogP contribution in [0.1, 0.15) is 39.7 Å². The Balaban J connectivity index is 2.19. The van der Waals surface area contributed by atoms with Crippen LogP contribution in [0.5, 0.6) is 0 Å². The number of ether oxygens (including phenoxy) is 1. The van der Waals surface area contributed by atoms with Crippen LogP contribution < -0.4 is 11.3 Å². The van der Waals surface area contributed by atoms with Gasteiger partial charge in [-0.05, 0) is 52.2 Å². The van der Waals surface area contributed by atoms with Gasteiger partial charge in [-0.2, -0.15) is 0 Å². The summed E-state index contributed by atoms with van der Waals surface area (Å²) in [6.07, 6.45) is 1.47. The monoisotopic (exact) mass is 280 g/mol. The summed E-state index contributed by atoms with van der Waals surface area (Å²) >= 11 is 0. The molecule has 2 rings (SSSR count). The topological polar surface area (TPSA) is 47.3 Å². The first-order valence-corrected chi connectivity index (χ1v) is 7.15. The number of hydrogen-bond donors (Lipinski definition) is 2. The third-order valence-electron chi connectivity index (χ3n) is 4.24. The van der Waals surface area contributed by atoms with Crippen LogP contribution in [0.15, 0.2) is 24.3 Å². The molecule has 20 heavy (non-hydrogen) atoms. The Hall–Kier alpha value is -0.970. The van der Waals surface area contributed by atoms with Gasteiger partial charge in [-0.1, -0.05) is 18.2 Å². The number of nitrogens with one attached hydrogen (secondary N) is 1. The molecule has 1 fully saturated rings. The van der Waals surface area contributed by atoms with E-state index in [0.717, 1.165) is 6.42 Å². The predicted octanol–water partition coefficient (Wildman–Crippen LogP) is 2.79. The van der Waals surface area contributed by atoms with E-state index in [2.05, 4.69) is 33.1 Å². The van der Waals surface area contributed by atoms with E-state index >= 15 is 0 Å². The Bertz CT molecular complexity index is 473. The Morgan fingerprint density at radius 2 is 2.00 bits per heavy atom. The minimum Gasteiger partial charge on any atom is -0.369 e. The average Bonchev–Trinajstić information content (AvgIpc) is 2.56. The van der Waals surface area contributed by atoms with Crippen LogP contribution >= 0.6 is 0 Å². The third-order valence-corrected chi connectivity index (χ3v) is 4.24. The van der Waals surface area contributed by atoms with Gasteiger partial charge in [-0.25, -0.2) is 4.39 Å². The SMILES string of the molecule is CC1(C)CC(C(Cc2ccccc2F)NN)C(C)(C)O1. The summed E-state index contributed by atoms with van der Waals surface area (Å²) in [7, 11) is 0. The summed E-state index contributed by atoms with van der Waals surface area (Å²) in [6, 6.07) is 6.85. The smallest absolute Gasteiger partial charge is 0.126 e. The van der Waals surface area contributed by atoms with E-state index < -0.39 is 0 Å². The molecule has 0 radical (unpaired) electrons. The second-order valence-corrected chi connectivity index (χ2v) is 6.84. The first-order chi connectivity index (χ1) is 9.25. The molecule has 0 amide bonds. The van der Waals surface area contributed by atoms with Crippen LogP contribution in [0.4, 0.5) is 4.39 Å². The zero-order valence-electron chi connectivity index (χ0n) is 12.7. The van der Waals surface area contributed by atoms with Crippen molar-refractivity contribution in [2.75, 3.05) is 0 Å². The highest BCUT2D eigenvalue weighted by atomic mass is 19.1. The van der Waals surface area contributed by atoms with Crippen LogP contribution in [0.2, 0.25) is 0 Å². The number of halogens is 1. The van der Waals surface area contributed by atoms with Crippen molar-refractivity contribution in [2.45, 2.75) is 57.8 Å². The molecule has 0 bridgehead atoms. The Kier molecular flexibility index (Phi) is 4.19. The summed E-state index contributed by atoms with van der Waals surface area (Å²) in [6.45, 7) is 8.34. The van der Waals surface area contributed by atoms with Gasteiger partial charge < -0.3 is 4.74 Å². The highest BCUT2D eigenvalue weighted by Crippen LogP contribution is 2.44. The minimum absolute atomic E-state index is 0.0105. The van der Waals surface area contributed by atoms with E-state index in [4.69, 9.17) is 10.6 Å². The van der Waals surface area contributed by atoms with E-state index in [0.29, 0.717) is 12.0 Å². The lowest BCUT2D eigenvalue weighted by Gasteiger charge is -2.32. The van der Waals surface area contributed by atoms with Gasteiger partial charge in [0.05, 0.1) is 11.2 Å². The predicted molar refractivity (Wildman–Crippen MR) is 78.6 cm³/mol. The van der Waals surface area contributed by atoms with Crippen molar-refractivity contribution >= 4 is 0 Å². The fraction of sp³-hybridized carbons (Fsp3) is 0.625. The first-order valence-electron chi connectivity index (χ1n) is 7.15. The van der Waals surface area contributed by atoms with E-state index in [1.165, 1.54) is 6.07 Å². The molecular weight excluding hydrogens is 255 g/mol. The maximum Gasteiger partial charge on any atom is 0.126 e. The summed E-state index contributed by atoms with van der Waals surface area (Å²) in [5, 5.41) is 0. The highest BCUT2D eigenvalue weighted by molar-refractivity contribution is 5.19. The van der Waals surface area contributed by atoms with Gasteiger partial charge in [0, 0.05) is 12.0 Å². The van der Waals surface area contributed by atoms with E-state index in [1.54, 1.807) is 6.07 Å². The van der Waals surface area contributed by atoms with Crippen molar-refractivity contribution in [2.24, 2.45) is 11.8 Å². The molecule has 2 unspecified atom stereocenters. The third kappa shape index (κ3) is 3.19. The zero-order valence-corrected chi connectivity index (χ0v) is 12.7. The van der Waals surface area contributed by atoms with Gasteiger partial charge in [-0.15, -0.1) is 0 Å². The van der Waals surface area contributed by atoms with E-state index in [9.17, 15) is 4.39 Å². The van der Waals surface area contributed by atoms with Crippen molar-refractivity contribution in [1.29, 1.82) is 0 Å². The molecule has 4 heteroatoms. The molecule has 0 spiro atoms. The van der Waals surface area contributed by atoms with Crippen LogP contribution in [0.3, 0.4) is 0 Å². The molecule has 1 aliphatic rings. The summed E-state index contributed by atoms with van der Waals surface area (Å²) < 4.78 is 19.9. The van der Waals surface area contributed by atoms with Gasteiger partial charge in [0.25, 0.3) is 0 Å². The summed E-state index contributed by atoms with van der Waals surface area (Å²) in [5.74, 6) is 5.79. The number of hydrazine groups is 1. The lowest BCUT2D eigenvalue weighted by molar-refractivity contribution is -0.0776. The van der Waals surface area contributed by atoms with Crippen molar-refractivity contribution in [3.8, 4) is 0 Å².